The number of carboxylic acids is 1. The second-order valence-corrected chi connectivity index (χ2v) is 4.96. The number of para-hydroxylation sites is 1. The average Bonchev–Trinajstić information content (AvgIpc) is 2.54. The summed E-state index contributed by atoms with van der Waals surface area (Å²) in [7, 11) is 0. The van der Waals surface area contributed by atoms with Crippen molar-refractivity contribution in [2.75, 3.05) is 11.4 Å². The van der Waals surface area contributed by atoms with Crippen molar-refractivity contribution >= 4 is 11.7 Å². The summed E-state index contributed by atoms with van der Waals surface area (Å²) in [5, 5.41) is 9.32. The molecule has 0 aromatic heterocycles. The number of carbonyl (C=O) groups is 1. The normalized spacial score (nSPS) is 11.7. The highest BCUT2D eigenvalue weighted by Crippen LogP contribution is 2.25. The lowest BCUT2D eigenvalue weighted by molar-refractivity contribution is -0.138. The van der Waals surface area contributed by atoms with Crippen LogP contribution in [-0.4, -0.2) is 23.7 Å². The molecule has 4 heteroatoms. The first-order valence-electron chi connectivity index (χ1n) is 7.48. The molecule has 0 heterocycles. The highest BCUT2D eigenvalue weighted by Gasteiger charge is 2.22. The lowest BCUT2D eigenvalue weighted by Crippen LogP contribution is -2.40. The van der Waals surface area contributed by atoms with Crippen molar-refractivity contribution in [2.45, 2.75) is 26.3 Å². The van der Waals surface area contributed by atoms with Crippen molar-refractivity contribution < 1.29 is 14.6 Å². The number of carboxylic acid groups (broad SMARTS) is 1. The van der Waals surface area contributed by atoms with Crippen LogP contribution in [0.2, 0.25) is 0 Å². The van der Waals surface area contributed by atoms with Crippen LogP contribution in [-0.2, 0) is 4.79 Å². The lowest BCUT2D eigenvalue weighted by Gasteiger charge is -2.29. The Balaban J connectivity index is 2.14. The third kappa shape index (κ3) is 3.79. The molecular weight excluding hydrogens is 278 g/mol. The fourth-order valence-corrected chi connectivity index (χ4v) is 2.44. The van der Waals surface area contributed by atoms with Gasteiger partial charge in [0, 0.05) is 12.2 Å². The van der Waals surface area contributed by atoms with Gasteiger partial charge in [0.15, 0.2) is 0 Å². The smallest absolute Gasteiger partial charge is 0.326 e. The molecule has 2 aromatic rings. The van der Waals surface area contributed by atoms with Crippen molar-refractivity contribution in [3.05, 3.63) is 54.6 Å². The van der Waals surface area contributed by atoms with Gasteiger partial charge in [-0.25, -0.2) is 4.79 Å². The molecule has 0 aliphatic rings. The van der Waals surface area contributed by atoms with Crippen LogP contribution in [0.4, 0.5) is 5.69 Å². The fraction of sp³-hybridized carbons (Fsp3) is 0.278. The van der Waals surface area contributed by atoms with Gasteiger partial charge in [0.25, 0.3) is 0 Å². The maximum Gasteiger partial charge on any atom is 0.326 e. The highest BCUT2D eigenvalue weighted by atomic mass is 16.5. The van der Waals surface area contributed by atoms with E-state index in [4.69, 9.17) is 4.74 Å². The summed E-state index contributed by atoms with van der Waals surface area (Å²) in [6, 6.07) is 16.6. The molecule has 0 amide bonds. The molecule has 0 fully saturated rings. The first kappa shape index (κ1) is 15.9. The number of hydrogen-bond acceptors (Lipinski definition) is 3. The molecule has 0 saturated heterocycles. The Bertz CT molecular complexity index is 595. The third-order valence-electron chi connectivity index (χ3n) is 3.54. The van der Waals surface area contributed by atoms with Gasteiger partial charge in [0.05, 0.1) is 0 Å². The van der Waals surface area contributed by atoms with Crippen molar-refractivity contribution in [3.8, 4) is 11.5 Å². The van der Waals surface area contributed by atoms with Gasteiger partial charge in [-0.15, -0.1) is 0 Å². The van der Waals surface area contributed by atoms with E-state index < -0.39 is 12.0 Å². The summed E-state index contributed by atoms with van der Waals surface area (Å²) in [6.07, 6.45) is 0.561. The lowest BCUT2D eigenvalue weighted by atomic mass is 10.1. The number of nitrogens with zero attached hydrogens (tertiary/aromatic N) is 1. The predicted octanol–water partition coefficient (Wildman–Crippen LogP) is 4.17. The van der Waals surface area contributed by atoms with Crippen LogP contribution in [0.15, 0.2) is 54.6 Å². The SMILES string of the molecule is CC[C@H](C(=O)O)N(CC)c1ccc(Oc2ccccc2)cc1. The van der Waals surface area contributed by atoms with Gasteiger partial charge in [-0.3, -0.25) is 0 Å². The van der Waals surface area contributed by atoms with E-state index in [0.717, 1.165) is 17.2 Å². The van der Waals surface area contributed by atoms with Crippen LogP contribution >= 0.6 is 0 Å². The Kier molecular flexibility index (Phi) is 5.42. The van der Waals surface area contributed by atoms with E-state index >= 15 is 0 Å². The molecule has 0 saturated carbocycles. The van der Waals surface area contributed by atoms with E-state index in [1.165, 1.54) is 0 Å². The largest absolute Gasteiger partial charge is 0.480 e. The number of likely N-dealkylation sites (N-methyl/N-ethyl adjacent to an activating group) is 1. The number of hydrogen-bond donors (Lipinski definition) is 1. The summed E-state index contributed by atoms with van der Waals surface area (Å²) in [4.78, 5) is 13.2. The van der Waals surface area contributed by atoms with Crippen LogP contribution in [0, 0.1) is 0 Å². The van der Waals surface area contributed by atoms with Crippen molar-refractivity contribution in [1.82, 2.24) is 0 Å². The standard InChI is InChI=1S/C18H21NO3/c1-3-17(18(20)21)19(4-2)14-10-12-16(13-11-14)22-15-8-6-5-7-9-15/h5-13,17H,3-4H2,1-2H3,(H,20,21)/t17-/m1/s1. The molecule has 116 valence electrons. The number of rotatable bonds is 7. The Hall–Kier alpha value is -2.49. The Morgan fingerprint density at radius 1 is 1.05 bits per heavy atom. The second kappa shape index (κ2) is 7.50. The Labute approximate surface area is 131 Å². The first-order chi connectivity index (χ1) is 10.7. The average molecular weight is 299 g/mol. The molecule has 0 aliphatic carbocycles. The molecule has 0 radical (unpaired) electrons. The fourth-order valence-electron chi connectivity index (χ4n) is 2.44. The topological polar surface area (TPSA) is 49.8 Å². The van der Waals surface area contributed by atoms with Crippen LogP contribution in [0.3, 0.4) is 0 Å². The minimum absolute atomic E-state index is 0.508. The van der Waals surface area contributed by atoms with Gasteiger partial charge in [-0.1, -0.05) is 25.1 Å². The summed E-state index contributed by atoms with van der Waals surface area (Å²) in [6.45, 7) is 4.48. The first-order valence-corrected chi connectivity index (χ1v) is 7.48. The molecule has 0 bridgehead atoms. The molecule has 1 N–H and O–H groups in total. The predicted molar refractivity (Wildman–Crippen MR) is 87.7 cm³/mol. The van der Waals surface area contributed by atoms with Crippen molar-refractivity contribution in [3.63, 3.8) is 0 Å². The van der Waals surface area contributed by atoms with E-state index in [0.29, 0.717) is 13.0 Å². The summed E-state index contributed by atoms with van der Waals surface area (Å²) in [5.41, 5.74) is 0.886. The van der Waals surface area contributed by atoms with E-state index in [1.54, 1.807) is 0 Å². The zero-order valence-corrected chi connectivity index (χ0v) is 12.9. The number of ether oxygens (including phenoxy) is 1. The number of benzene rings is 2. The quantitative estimate of drug-likeness (QED) is 0.833. The van der Waals surface area contributed by atoms with Gasteiger partial charge < -0.3 is 14.7 Å². The van der Waals surface area contributed by atoms with E-state index in [9.17, 15) is 9.90 Å². The van der Waals surface area contributed by atoms with Gasteiger partial charge in [-0.2, -0.15) is 0 Å². The minimum atomic E-state index is -0.797. The van der Waals surface area contributed by atoms with Gasteiger partial charge >= 0.3 is 5.97 Å². The van der Waals surface area contributed by atoms with E-state index in [-0.39, 0.29) is 0 Å². The Morgan fingerprint density at radius 2 is 1.64 bits per heavy atom. The summed E-state index contributed by atoms with van der Waals surface area (Å²) < 4.78 is 5.75. The summed E-state index contributed by atoms with van der Waals surface area (Å²) >= 11 is 0. The maximum atomic E-state index is 11.3. The Morgan fingerprint density at radius 3 is 2.14 bits per heavy atom. The molecule has 4 nitrogen and oxygen atoms in total. The molecule has 22 heavy (non-hydrogen) atoms. The minimum Gasteiger partial charge on any atom is -0.480 e. The van der Waals surface area contributed by atoms with Crippen LogP contribution in [0.25, 0.3) is 0 Å². The van der Waals surface area contributed by atoms with Gasteiger partial charge in [0.1, 0.15) is 17.5 Å². The van der Waals surface area contributed by atoms with E-state index in [1.807, 2.05) is 73.3 Å². The van der Waals surface area contributed by atoms with E-state index in [2.05, 4.69) is 0 Å². The zero-order valence-electron chi connectivity index (χ0n) is 12.9. The van der Waals surface area contributed by atoms with Gasteiger partial charge in [0.2, 0.25) is 0 Å². The molecule has 0 aliphatic heterocycles. The zero-order chi connectivity index (χ0) is 15.9. The van der Waals surface area contributed by atoms with Crippen molar-refractivity contribution in [1.29, 1.82) is 0 Å². The monoisotopic (exact) mass is 299 g/mol. The summed E-state index contributed by atoms with van der Waals surface area (Å²) in [5.74, 6) is 0.711. The number of aliphatic carboxylic acids is 1. The molecule has 2 aromatic carbocycles. The molecule has 1 atom stereocenters. The van der Waals surface area contributed by atoms with Crippen LogP contribution in [0.5, 0.6) is 11.5 Å². The third-order valence-corrected chi connectivity index (χ3v) is 3.54. The van der Waals surface area contributed by atoms with Gasteiger partial charge in [-0.05, 0) is 49.7 Å². The second-order valence-electron chi connectivity index (χ2n) is 4.96. The van der Waals surface area contributed by atoms with Crippen LogP contribution < -0.4 is 9.64 Å². The molecule has 0 spiro atoms. The molecule has 2 rings (SSSR count). The maximum absolute atomic E-state index is 11.3. The highest BCUT2D eigenvalue weighted by molar-refractivity contribution is 5.78. The van der Waals surface area contributed by atoms with Crippen LogP contribution in [0.1, 0.15) is 20.3 Å². The van der Waals surface area contributed by atoms with Crippen molar-refractivity contribution in [2.24, 2.45) is 0 Å². The molecule has 0 unspecified atom stereocenters. The number of anilines is 1. The molecular formula is C18H21NO3.